The van der Waals surface area contributed by atoms with E-state index in [1.165, 1.54) is 24.3 Å². The van der Waals surface area contributed by atoms with Crippen LogP contribution in [-0.4, -0.2) is 33.3 Å². The van der Waals surface area contributed by atoms with Gasteiger partial charge in [0.2, 0.25) is 0 Å². The minimum Gasteiger partial charge on any atom is -0.480 e. The fourth-order valence-electron chi connectivity index (χ4n) is 2.08. The molecule has 25 heavy (non-hydrogen) atoms. The van der Waals surface area contributed by atoms with Gasteiger partial charge in [0.15, 0.2) is 5.78 Å². The topological polar surface area (TPSA) is 153 Å². The van der Waals surface area contributed by atoms with E-state index in [0.717, 1.165) is 18.2 Å². The van der Waals surface area contributed by atoms with Gasteiger partial charge in [0.25, 0.3) is 11.4 Å². The number of carboxylic acid groups (broad SMARTS) is 1. The van der Waals surface area contributed by atoms with Gasteiger partial charge in [-0.3, -0.25) is 29.8 Å². The summed E-state index contributed by atoms with van der Waals surface area (Å²) >= 11 is 0. The summed E-state index contributed by atoms with van der Waals surface area (Å²) in [5.41, 5.74) is -1.06. The molecule has 0 aliphatic carbocycles. The molecule has 2 aromatic rings. The molecule has 2 rings (SSSR count). The van der Waals surface area contributed by atoms with Crippen LogP contribution in [0.4, 0.5) is 17.1 Å². The Morgan fingerprint density at radius 2 is 1.76 bits per heavy atom. The van der Waals surface area contributed by atoms with Crippen molar-refractivity contribution in [2.75, 3.05) is 11.9 Å². The lowest BCUT2D eigenvalue weighted by atomic mass is 10.0. The third-order valence-corrected chi connectivity index (χ3v) is 3.20. The Kier molecular flexibility index (Phi) is 5.03. The molecule has 0 aliphatic heterocycles. The van der Waals surface area contributed by atoms with Crippen LogP contribution in [0.25, 0.3) is 0 Å². The van der Waals surface area contributed by atoms with Gasteiger partial charge in [0.05, 0.1) is 15.9 Å². The number of carbonyl (C=O) groups excluding carboxylic acids is 1. The zero-order valence-corrected chi connectivity index (χ0v) is 12.5. The number of rotatable bonds is 7. The standard InChI is InChI=1S/C15H11N3O7/c19-14(20)8-16-10-3-1-2-9(6-10)15(21)12-5-4-11(17(22)23)7-13(12)18(24)25/h1-7,16H,8H2,(H,19,20). The molecule has 128 valence electrons. The van der Waals surface area contributed by atoms with Crippen LogP contribution < -0.4 is 5.32 Å². The first kappa shape index (κ1) is 17.5. The number of hydrogen-bond acceptors (Lipinski definition) is 7. The maximum absolute atomic E-state index is 12.5. The first-order valence-corrected chi connectivity index (χ1v) is 6.83. The second-order valence-electron chi connectivity index (χ2n) is 4.87. The smallest absolute Gasteiger partial charge is 0.322 e. The molecule has 0 unspecified atom stereocenters. The second-order valence-corrected chi connectivity index (χ2v) is 4.87. The highest BCUT2D eigenvalue weighted by molar-refractivity contribution is 6.12. The third kappa shape index (κ3) is 4.13. The lowest BCUT2D eigenvalue weighted by molar-refractivity contribution is -0.394. The average molecular weight is 345 g/mol. The van der Waals surface area contributed by atoms with Crippen molar-refractivity contribution in [3.05, 3.63) is 73.8 Å². The molecule has 0 amide bonds. The highest BCUT2D eigenvalue weighted by atomic mass is 16.6. The minimum absolute atomic E-state index is 0.0762. The minimum atomic E-state index is -1.09. The van der Waals surface area contributed by atoms with E-state index in [4.69, 9.17) is 5.11 Å². The monoisotopic (exact) mass is 345 g/mol. The molecule has 0 aromatic heterocycles. The second kappa shape index (κ2) is 7.17. The summed E-state index contributed by atoms with van der Waals surface area (Å²) in [7, 11) is 0. The molecule has 2 N–H and O–H groups in total. The normalized spacial score (nSPS) is 10.1. The molecule has 0 fully saturated rings. The van der Waals surface area contributed by atoms with Crippen LogP contribution in [0.2, 0.25) is 0 Å². The number of benzene rings is 2. The molecule has 0 spiro atoms. The molecular formula is C15H11N3O7. The van der Waals surface area contributed by atoms with Gasteiger partial charge in [0, 0.05) is 17.3 Å². The van der Waals surface area contributed by atoms with Gasteiger partial charge in [-0.1, -0.05) is 12.1 Å². The summed E-state index contributed by atoms with van der Waals surface area (Å²) in [5, 5.41) is 33.1. The predicted molar refractivity (Wildman–Crippen MR) is 85.8 cm³/mol. The fourth-order valence-corrected chi connectivity index (χ4v) is 2.08. The summed E-state index contributed by atoms with van der Waals surface area (Å²) in [6, 6.07) is 8.51. The van der Waals surface area contributed by atoms with Gasteiger partial charge in [-0.15, -0.1) is 0 Å². The number of hydrogen-bond donors (Lipinski definition) is 2. The van der Waals surface area contributed by atoms with Crippen molar-refractivity contribution in [2.45, 2.75) is 0 Å². The zero-order valence-electron chi connectivity index (χ0n) is 12.5. The lowest BCUT2D eigenvalue weighted by Gasteiger charge is -2.06. The molecule has 0 saturated carbocycles. The van der Waals surface area contributed by atoms with Crippen molar-refractivity contribution in [1.29, 1.82) is 0 Å². The summed E-state index contributed by atoms with van der Waals surface area (Å²) in [4.78, 5) is 43.3. The van der Waals surface area contributed by atoms with Crippen LogP contribution in [0, 0.1) is 20.2 Å². The van der Waals surface area contributed by atoms with Gasteiger partial charge in [-0.25, -0.2) is 0 Å². The highest BCUT2D eigenvalue weighted by Gasteiger charge is 2.25. The van der Waals surface area contributed by atoms with Crippen molar-refractivity contribution in [2.24, 2.45) is 0 Å². The highest BCUT2D eigenvalue weighted by Crippen LogP contribution is 2.27. The summed E-state index contributed by atoms with van der Waals surface area (Å²) < 4.78 is 0. The molecule has 10 nitrogen and oxygen atoms in total. The van der Waals surface area contributed by atoms with Crippen LogP contribution in [0.3, 0.4) is 0 Å². The van der Waals surface area contributed by atoms with E-state index in [-0.39, 0.29) is 17.7 Å². The molecule has 10 heteroatoms. The van der Waals surface area contributed by atoms with Crippen molar-refractivity contribution in [3.8, 4) is 0 Å². The van der Waals surface area contributed by atoms with Crippen molar-refractivity contribution in [1.82, 2.24) is 0 Å². The van der Waals surface area contributed by atoms with E-state index in [1.54, 1.807) is 0 Å². The quantitative estimate of drug-likeness (QED) is 0.440. The van der Waals surface area contributed by atoms with Crippen molar-refractivity contribution < 1.29 is 24.5 Å². The van der Waals surface area contributed by atoms with Gasteiger partial charge in [0.1, 0.15) is 12.1 Å². The van der Waals surface area contributed by atoms with E-state index in [9.17, 15) is 29.8 Å². The fraction of sp³-hybridized carbons (Fsp3) is 0.0667. The van der Waals surface area contributed by atoms with Gasteiger partial charge in [-0.05, 0) is 18.2 Å². The summed E-state index contributed by atoms with van der Waals surface area (Å²) in [5.74, 6) is -1.80. The number of ketones is 1. The largest absolute Gasteiger partial charge is 0.480 e. The van der Waals surface area contributed by atoms with Crippen molar-refractivity contribution in [3.63, 3.8) is 0 Å². The van der Waals surface area contributed by atoms with Crippen LogP contribution in [-0.2, 0) is 4.79 Å². The summed E-state index contributed by atoms with van der Waals surface area (Å²) in [6.07, 6.45) is 0. The number of nitro benzene ring substituents is 2. The predicted octanol–water partition coefficient (Wildman–Crippen LogP) is 2.23. The van der Waals surface area contributed by atoms with E-state index < -0.39 is 33.0 Å². The van der Waals surface area contributed by atoms with Gasteiger partial charge < -0.3 is 10.4 Å². The first-order chi connectivity index (χ1) is 11.8. The number of carbonyl (C=O) groups is 2. The van der Waals surface area contributed by atoms with Gasteiger partial charge >= 0.3 is 5.97 Å². The Labute approximate surface area is 140 Å². The van der Waals surface area contributed by atoms with Gasteiger partial charge in [-0.2, -0.15) is 0 Å². The number of anilines is 1. The Balaban J connectivity index is 2.40. The molecule has 0 saturated heterocycles. The van der Waals surface area contributed by atoms with Crippen LogP contribution in [0.15, 0.2) is 42.5 Å². The molecular weight excluding hydrogens is 334 g/mol. The Morgan fingerprint density at radius 3 is 2.36 bits per heavy atom. The summed E-state index contributed by atoms with van der Waals surface area (Å²) in [6.45, 7) is -0.366. The average Bonchev–Trinajstić information content (AvgIpc) is 2.58. The number of carboxylic acids is 1. The number of nitro groups is 2. The molecule has 0 bridgehead atoms. The van der Waals surface area contributed by atoms with Crippen LogP contribution in [0.5, 0.6) is 0 Å². The molecule has 0 atom stereocenters. The Hall–Kier alpha value is -3.82. The zero-order chi connectivity index (χ0) is 18.6. The van der Waals surface area contributed by atoms with E-state index >= 15 is 0 Å². The number of nitrogens with zero attached hydrogens (tertiary/aromatic N) is 2. The number of non-ortho nitro benzene ring substituents is 1. The third-order valence-electron chi connectivity index (χ3n) is 3.20. The van der Waals surface area contributed by atoms with E-state index in [2.05, 4.69) is 5.32 Å². The lowest BCUT2D eigenvalue weighted by Crippen LogP contribution is -2.13. The maximum Gasteiger partial charge on any atom is 0.322 e. The molecule has 0 heterocycles. The molecule has 0 aliphatic rings. The Morgan fingerprint density at radius 1 is 1.04 bits per heavy atom. The molecule has 2 aromatic carbocycles. The van der Waals surface area contributed by atoms with E-state index in [0.29, 0.717) is 5.69 Å². The van der Waals surface area contributed by atoms with Crippen LogP contribution >= 0.6 is 0 Å². The Bertz CT molecular complexity index is 879. The van der Waals surface area contributed by atoms with Crippen LogP contribution in [0.1, 0.15) is 15.9 Å². The maximum atomic E-state index is 12.5. The van der Waals surface area contributed by atoms with Crippen molar-refractivity contribution >= 4 is 28.8 Å². The SMILES string of the molecule is O=C(O)CNc1cccc(C(=O)c2ccc([N+](=O)[O-])cc2[N+](=O)[O-])c1. The first-order valence-electron chi connectivity index (χ1n) is 6.83. The van der Waals surface area contributed by atoms with E-state index in [1.807, 2.05) is 0 Å². The number of aliphatic carboxylic acids is 1. The number of nitrogens with one attached hydrogen (secondary N) is 1. The molecule has 0 radical (unpaired) electrons.